The Morgan fingerprint density at radius 1 is 1.27 bits per heavy atom. The van der Waals surface area contributed by atoms with Crippen molar-refractivity contribution in [1.82, 2.24) is 0 Å². The number of unbranched alkanes of at least 4 members (excludes halogenated alkanes) is 1. The normalized spacial score (nSPS) is 10.7. The van der Waals surface area contributed by atoms with Crippen molar-refractivity contribution in [3.8, 4) is 0 Å². The highest BCUT2D eigenvalue weighted by atomic mass is 15.1. The average Bonchev–Trinajstić information content (AvgIpc) is 2.25. The van der Waals surface area contributed by atoms with Crippen molar-refractivity contribution in [2.75, 3.05) is 18.5 Å². The van der Waals surface area contributed by atoms with Crippen molar-refractivity contribution in [2.45, 2.75) is 33.1 Å². The molecule has 0 aliphatic rings. The van der Waals surface area contributed by atoms with Crippen molar-refractivity contribution < 1.29 is 0 Å². The molecule has 0 saturated heterocycles. The van der Waals surface area contributed by atoms with E-state index in [1.807, 2.05) is 12.1 Å². The van der Waals surface area contributed by atoms with Gasteiger partial charge in [0.25, 0.3) is 0 Å². The van der Waals surface area contributed by atoms with Crippen LogP contribution in [0.25, 0.3) is 0 Å². The van der Waals surface area contributed by atoms with Gasteiger partial charge >= 0.3 is 0 Å². The summed E-state index contributed by atoms with van der Waals surface area (Å²) in [5.74, 6) is 0.832. The van der Waals surface area contributed by atoms with Crippen LogP contribution in [0.1, 0.15) is 33.1 Å². The fourth-order valence-electron chi connectivity index (χ4n) is 1.64. The van der Waals surface area contributed by atoms with Gasteiger partial charge in [0.2, 0.25) is 0 Å². The van der Waals surface area contributed by atoms with Crippen LogP contribution < -0.4 is 4.90 Å². The summed E-state index contributed by atoms with van der Waals surface area (Å²) in [6, 6.07) is 11.4. The second kappa shape index (κ2) is 6.49. The van der Waals surface area contributed by atoms with Crippen LogP contribution >= 0.6 is 0 Å². The van der Waals surface area contributed by atoms with Crippen LogP contribution in [0.4, 0.5) is 5.69 Å². The SMILES string of the molecule is CC(C)CCCCN(C)c1[c]cccc1. The predicted molar refractivity (Wildman–Crippen MR) is 67.2 cm³/mol. The smallest absolute Gasteiger partial charge is 0.0444 e. The second-order valence-corrected chi connectivity index (χ2v) is 4.56. The molecular formula is C14H22N. The van der Waals surface area contributed by atoms with Gasteiger partial charge in [-0.25, -0.2) is 0 Å². The second-order valence-electron chi connectivity index (χ2n) is 4.56. The number of benzene rings is 1. The summed E-state index contributed by atoms with van der Waals surface area (Å²) in [5.41, 5.74) is 1.20. The van der Waals surface area contributed by atoms with Crippen molar-refractivity contribution in [2.24, 2.45) is 5.92 Å². The maximum atomic E-state index is 3.24. The molecule has 83 valence electrons. The molecule has 0 aliphatic heterocycles. The molecule has 1 radical (unpaired) electrons. The first kappa shape index (κ1) is 12.1. The van der Waals surface area contributed by atoms with Gasteiger partial charge < -0.3 is 4.90 Å². The fourth-order valence-corrected chi connectivity index (χ4v) is 1.64. The lowest BCUT2D eigenvalue weighted by molar-refractivity contribution is 0.538. The van der Waals surface area contributed by atoms with Crippen molar-refractivity contribution in [1.29, 1.82) is 0 Å². The van der Waals surface area contributed by atoms with E-state index in [1.165, 1.54) is 24.9 Å². The predicted octanol–water partition coefficient (Wildman–Crippen LogP) is 3.75. The minimum atomic E-state index is 0.832. The van der Waals surface area contributed by atoms with Crippen LogP contribution in [0.2, 0.25) is 0 Å². The molecule has 0 aliphatic carbocycles. The molecule has 0 heterocycles. The van der Waals surface area contributed by atoms with Gasteiger partial charge in [-0.1, -0.05) is 44.9 Å². The Balaban J connectivity index is 2.22. The molecule has 1 aromatic carbocycles. The number of para-hydroxylation sites is 1. The minimum absolute atomic E-state index is 0.832. The number of rotatable bonds is 6. The van der Waals surface area contributed by atoms with E-state index >= 15 is 0 Å². The molecule has 0 unspecified atom stereocenters. The third kappa shape index (κ3) is 4.87. The van der Waals surface area contributed by atoms with Crippen LogP contribution in [0.5, 0.6) is 0 Å². The highest BCUT2D eigenvalue weighted by molar-refractivity contribution is 5.43. The van der Waals surface area contributed by atoms with Gasteiger partial charge in [0.05, 0.1) is 0 Å². The van der Waals surface area contributed by atoms with E-state index < -0.39 is 0 Å². The van der Waals surface area contributed by atoms with Gasteiger partial charge in [-0.05, 0) is 18.4 Å². The number of anilines is 1. The third-order valence-corrected chi connectivity index (χ3v) is 2.63. The Morgan fingerprint density at radius 3 is 2.67 bits per heavy atom. The van der Waals surface area contributed by atoms with Crippen LogP contribution in [-0.2, 0) is 0 Å². The topological polar surface area (TPSA) is 3.24 Å². The van der Waals surface area contributed by atoms with E-state index in [0.29, 0.717) is 0 Å². The van der Waals surface area contributed by atoms with E-state index in [1.54, 1.807) is 0 Å². The van der Waals surface area contributed by atoms with Gasteiger partial charge in [0, 0.05) is 25.3 Å². The quantitative estimate of drug-likeness (QED) is 0.638. The molecule has 0 fully saturated rings. The molecule has 0 aromatic heterocycles. The van der Waals surface area contributed by atoms with Crippen molar-refractivity contribution in [3.63, 3.8) is 0 Å². The van der Waals surface area contributed by atoms with Gasteiger partial charge in [0.1, 0.15) is 0 Å². The monoisotopic (exact) mass is 204 g/mol. The molecule has 0 amide bonds. The Morgan fingerprint density at radius 2 is 2.07 bits per heavy atom. The lowest BCUT2D eigenvalue weighted by Crippen LogP contribution is -2.18. The summed E-state index contributed by atoms with van der Waals surface area (Å²) in [6.45, 7) is 5.70. The minimum Gasteiger partial charge on any atom is -0.374 e. The summed E-state index contributed by atoms with van der Waals surface area (Å²) in [7, 11) is 2.14. The van der Waals surface area contributed by atoms with Gasteiger partial charge in [0.15, 0.2) is 0 Å². The highest BCUT2D eigenvalue weighted by Crippen LogP contribution is 2.12. The lowest BCUT2D eigenvalue weighted by Gasteiger charge is -2.18. The van der Waals surface area contributed by atoms with E-state index in [-0.39, 0.29) is 0 Å². The molecule has 0 bridgehead atoms. The zero-order valence-electron chi connectivity index (χ0n) is 10.2. The van der Waals surface area contributed by atoms with Gasteiger partial charge in [-0.2, -0.15) is 0 Å². The maximum absolute atomic E-state index is 3.24. The van der Waals surface area contributed by atoms with E-state index in [9.17, 15) is 0 Å². The maximum Gasteiger partial charge on any atom is 0.0444 e. The fraction of sp³-hybridized carbons (Fsp3) is 0.571. The van der Waals surface area contributed by atoms with Gasteiger partial charge in [-0.15, -0.1) is 0 Å². The Labute approximate surface area is 94.1 Å². The summed E-state index contributed by atoms with van der Waals surface area (Å²) >= 11 is 0. The molecule has 0 saturated carbocycles. The number of hydrogen-bond donors (Lipinski definition) is 0. The molecule has 0 N–H and O–H groups in total. The van der Waals surface area contributed by atoms with E-state index in [0.717, 1.165) is 12.5 Å². The number of nitrogens with zero attached hydrogens (tertiary/aromatic N) is 1. The first-order chi connectivity index (χ1) is 7.20. The zero-order valence-corrected chi connectivity index (χ0v) is 10.2. The molecule has 1 aromatic rings. The summed E-state index contributed by atoms with van der Waals surface area (Å²) in [4.78, 5) is 2.28. The van der Waals surface area contributed by atoms with Crippen LogP contribution in [0, 0.1) is 12.0 Å². The Kier molecular flexibility index (Phi) is 5.23. The highest BCUT2D eigenvalue weighted by Gasteiger charge is 2.00. The van der Waals surface area contributed by atoms with Crippen LogP contribution in [0.15, 0.2) is 24.3 Å². The molecule has 0 atom stereocenters. The van der Waals surface area contributed by atoms with Crippen molar-refractivity contribution in [3.05, 3.63) is 30.3 Å². The molecular weight excluding hydrogens is 182 g/mol. The van der Waals surface area contributed by atoms with E-state index in [2.05, 4.69) is 44.0 Å². The molecule has 1 rings (SSSR count). The summed E-state index contributed by atoms with van der Waals surface area (Å²) in [6.07, 6.45) is 3.94. The first-order valence-corrected chi connectivity index (χ1v) is 5.88. The standard InChI is InChI=1S/C14H22N/c1-13(2)9-7-8-12-15(3)14-10-5-4-6-11-14/h4-6,10,13H,7-9,12H2,1-3H3. The summed E-state index contributed by atoms with van der Waals surface area (Å²) < 4.78 is 0. The first-order valence-electron chi connectivity index (χ1n) is 5.88. The molecule has 15 heavy (non-hydrogen) atoms. The van der Waals surface area contributed by atoms with Gasteiger partial charge in [-0.3, -0.25) is 0 Å². The largest absolute Gasteiger partial charge is 0.374 e. The molecule has 1 nitrogen and oxygen atoms in total. The number of hydrogen-bond acceptors (Lipinski definition) is 1. The van der Waals surface area contributed by atoms with Crippen LogP contribution in [-0.4, -0.2) is 13.6 Å². The Bertz CT molecular complexity index is 253. The summed E-state index contributed by atoms with van der Waals surface area (Å²) in [5, 5.41) is 0. The molecule has 0 spiro atoms. The Hall–Kier alpha value is -0.980. The third-order valence-electron chi connectivity index (χ3n) is 2.63. The van der Waals surface area contributed by atoms with Crippen LogP contribution in [0.3, 0.4) is 0 Å². The molecule has 1 heteroatoms. The average molecular weight is 204 g/mol. The lowest BCUT2D eigenvalue weighted by atomic mass is 10.1. The van der Waals surface area contributed by atoms with E-state index in [4.69, 9.17) is 0 Å². The zero-order chi connectivity index (χ0) is 11.1. The van der Waals surface area contributed by atoms with Crippen molar-refractivity contribution >= 4 is 5.69 Å².